The summed E-state index contributed by atoms with van der Waals surface area (Å²) in [6.07, 6.45) is 2.69. The fraction of sp³-hybridized carbons (Fsp3) is 0.450. The SMILES string of the molecule is CCC(CC)(CN)NC(=O)C1CC1c1ccc2ccccc2c1.Cl. The predicted molar refractivity (Wildman–Crippen MR) is 103 cm³/mol. The maximum absolute atomic E-state index is 12.6. The molecule has 3 rings (SSSR count). The zero-order chi connectivity index (χ0) is 16.4. The number of hydrogen-bond acceptors (Lipinski definition) is 2. The van der Waals surface area contributed by atoms with Gasteiger partial charge in [0.2, 0.25) is 5.91 Å². The van der Waals surface area contributed by atoms with Gasteiger partial charge < -0.3 is 11.1 Å². The number of fused-ring (bicyclic) bond motifs is 1. The Labute approximate surface area is 150 Å². The Hall–Kier alpha value is -1.58. The van der Waals surface area contributed by atoms with Crippen molar-refractivity contribution < 1.29 is 4.79 Å². The molecule has 0 aromatic heterocycles. The number of hydrogen-bond donors (Lipinski definition) is 2. The fourth-order valence-corrected chi connectivity index (χ4v) is 3.41. The molecular weight excluding hydrogens is 320 g/mol. The summed E-state index contributed by atoms with van der Waals surface area (Å²) in [6.45, 7) is 4.67. The van der Waals surface area contributed by atoms with Crippen LogP contribution in [0.15, 0.2) is 42.5 Å². The lowest BCUT2D eigenvalue weighted by atomic mass is 9.92. The van der Waals surface area contributed by atoms with Crippen LogP contribution < -0.4 is 11.1 Å². The summed E-state index contributed by atoms with van der Waals surface area (Å²) in [5, 5.41) is 5.71. The largest absolute Gasteiger partial charge is 0.349 e. The molecule has 1 aliphatic carbocycles. The van der Waals surface area contributed by atoms with Crippen molar-refractivity contribution in [2.45, 2.75) is 44.6 Å². The molecule has 3 nitrogen and oxygen atoms in total. The van der Waals surface area contributed by atoms with Gasteiger partial charge in [-0.3, -0.25) is 4.79 Å². The predicted octanol–water partition coefficient (Wildman–Crippen LogP) is 4.00. The number of carbonyl (C=O) groups is 1. The minimum atomic E-state index is -0.242. The summed E-state index contributed by atoms with van der Waals surface area (Å²) in [7, 11) is 0. The third kappa shape index (κ3) is 3.57. The number of amides is 1. The van der Waals surface area contributed by atoms with E-state index in [2.05, 4.69) is 61.6 Å². The summed E-state index contributed by atoms with van der Waals surface area (Å²) in [4.78, 5) is 12.6. The number of nitrogens with one attached hydrogen (secondary N) is 1. The van der Waals surface area contributed by atoms with Gasteiger partial charge in [-0.05, 0) is 41.5 Å². The van der Waals surface area contributed by atoms with Crippen molar-refractivity contribution >= 4 is 29.1 Å². The van der Waals surface area contributed by atoms with Crippen molar-refractivity contribution in [3.63, 3.8) is 0 Å². The Bertz CT molecular complexity index is 703. The first-order valence-electron chi connectivity index (χ1n) is 8.63. The summed E-state index contributed by atoms with van der Waals surface area (Å²) in [6, 6.07) is 14.9. The van der Waals surface area contributed by atoms with E-state index in [0.29, 0.717) is 12.5 Å². The molecule has 2 atom stereocenters. The Morgan fingerprint density at radius 2 is 1.83 bits per heavy atom. The lowest BCUT2D eigenvalue weighted by Gasteiger charge is -2.31. The van der Waals surface area contributed by atoms with Gasteiger partial charge in [-0.2, -0.15) is 0 Å². The topological polar surface area (TPSA) is 55.1 Å². The first-order chi connectivity index (χ1) is 11.1. The number of carbonyl (C=O) groups excluding carboxylic acids is 1. The lowest BCUT2D eigenvalue weighted by molar-refractivity contribution is -0.124. The Balaban J connectivity index is 0.00000208. The van der Waals surface area contributed by atoms with E-state index in [4.69, 9.17) is 5.73 Å². The van der Waals surface area contributed by atoms with Crippen LogP contribution in [0.5, 0.6) is 0 Å². The van der Waals surface area contributed by atoms with Crippen LogP contribution in [0.1, 0.15) is 44.6 Å². The fourth-order valence-electron chi connectivity index (χ4n) is 3.41. The molecule has 0 spiro atoms. The molecule has 1 fully saturated rings. The van der Waals surface area contributed by atoms with E-state index >= 15 is 0 Å². The standard InChI is InChI=1S/C20H26N2O.ClH/c1-3-20(4-2,13-21)22-19(23)18-12-17(18)16-10-9-14-7-5-6-8-15(14)11-16;/h5-11,17-18H,3-4,12-13,21H2,1-2H3,(H,22,23);1H. The minimum Gasteiger partial charge on any atom is -0.349 e. The average molecular weight is 347 g/mol. The van der Waals surface area contributed by atoms with Crippen molar-refractivity contribution in [1.82, 2.24) is 5.32 Å². The summed E-state index contributed by atoms with van der Waals surface area (Å²) >= 11 is 0. The number of nitrogens with two attached hydrogens (primary N) is 1. The van der Waals surface area contributed by atoms with E-state index in [0.717, 1.165) is 19.3 Å². The van der Waals surface area contributed by atoms with Crippen LogP contribution in [0.3, 0.4) is 0 Å². The molecule has 2 unspecified atom stereocenters. The third-order valence-electron chi connectivity index (χ3n) is 5.46. The van der Waals surface area contributed by atoms with Crippen molar-refractivity contribution in [3.8, 4) is 0 Å². The van der Waals surface area contributed by atoms with Crippen LogP contribution in [0.25, 0.3) is 10.8 Å². The molecule has 0 heterocycles. The third-order valence-corrected chi connectivity index (χ3v) is 5.46. The van der Waals surface area contributed by atoms with Gasteiger partial charge in [0.05, 0.1) is 5.54 Å². The van der Waals surface area contributed by atoms with Crippen molar-refractivity contribution in [1.29, 1.82) is 0 Å². The van der Waals surface area contributed by atoms with Crippen molar-refractivity contribution in [2.75, 3.05) is 6.54 Å². The summed E-state index contributed by atoms with van der Waals surface area (Å²) < 4.78 is 0. The summed E-state index contributed by atoms with van der Waals surface area (Å²) in [5.41, 5.74) is 6.92. The van der Waals surface area contributed by atoms with E-state index in [1.807, 2.05) is 0 Å². The van der Waals surface area contributed by atoms with Crippen LogP contribution in [0.2, 0.25) is 0 Å². The van der Waals surface area contributed by atoms with Gasteiger partial charge in [-0.1, -0.05) is 56.3 Å². The average Bonchev–Trinajstić information content (AvgIpc) is 3.40. The molecule has 0 aliphatic heterocycles. The van der Waals surface area contributed by atoms with Gasteiger partial charge in [0.25, 0.3) is 0 Å². The van der Waals surface area contributed by atoms with Crippen LogP contribution in [0.4, 0.5) is 0 Å². The number of halogens is 1. The second-order valence-corrected chi connectivity index (χ2v) is 6.74. The highest BCUT2D eigenvalue weighted by atomic mass is 35.5. The van der Waals surface area contributed by atoms with E-state index < -0.39 is 0 Å². The monoisotopic (exact) mass is 346 g/mol. The van der Waals surface area contributed by atoms with E-state index in [-0.39, 0.29) is 29.8 Å². The smallest absolute Gasteiger partial charge is 0.224 e. The molecule has 3 N–H and O–H groups in total. The highest BCUT2D eigenvalue weighted by Gasteiger charge is 2.45. The first-order valence-corrected chi connectivity index (χ1v) is 8.63. The zero-order valence-electron chi connectivity index (χ0n) is 14.4. The molecule has 24 heavy (non-hydrogen) atoms. The summed E-state index contributed by atoms with van der Waals surface area (Å²) in [5.74, 6) is 0.612. The molecule has 0 bridgehead atoms. The second-order valence-electron chi connectivity index (χ2n) is 6.74. The highest BCUT2D eigenvalue weighted by Crippen LogP contribution is 2.48. The normalized spacial score (nSPS) is 19.6. The lowest BCUT2D eigenvalue weighted by Crippen LogP contribution is -2.53. The molecule has 130 valence electrons. The molecular formula is C20H27ClN2O. The van der Waals surface area contributed by atoms with E-state index in [1.54, 1.807) is 0 Å². The van der Waals surface area contributed by atoms with Crippen LogP contribution in [-0.4, -0.2) is 18.0 Å². The molecule has 2 aromatic carbocycles. The molecule has 0 saturated heterocycles. The van der Waals surface area contributed by atoms with Gasteiger partial charge in [0.1, 0.15) is 0 Å². The zero-order valence-corrected chi connectivity index (χ0v) is 15.2. The molecule has 2 aromatic rings. The molecule has 1 amide bonds. The van der Waals surface area contributed by atoms with Gasteiger partial charge in [-0.15, -0.1) is 12.4 Å². The van der Waals surface area contributed by atoms with Crippen LogP contribution in [-0.2, 0) is 4.79 Å². The van der Waals surface area contributed by atoms with E-state index in [9.17, 15) is 4.79 Å². The maximum Gasteiger partial charge on any atom is 0.224 e. The van der Waals surface area contributed by atoms with Crippen LogP contribution in [0, 0.1) is 5.92 Å². The Morgan fingerprint density at radius 1 is 1.17 bits per heavy atom. The number of rotatable bonds is 6. The van der Waals surface area contributed by atoms with Gasteiger partial charge in [0.15, 0.2) is 0 Å². The van der Waals surface area contributed by atoms with Gasteiger partial charge in [-0.25, -0.2) is 0 Å². The van der Waals surface area contributed by atoms with Gasteiger partial charge in [0, 0.05) is 12.5 Å². The first kappa shape index (κ1) is 18.8. The van der Waals surface area contributed by atoms with Crippen LogP contribution >= 0.6 is 12.4 Å². The van der Waals surface area contributed by atoms with Gasteiger partial charge >= 0.3 is 0 Å². The molecule has 1 saturated carbocycles. The molecule has 0 radical (unpaired) electrons. The Kier molecular flexibility index (Phi) is 5.89. The second kappa shape index (κ2) is 7.54. The highest BCUT2D eigenvalue weighted by molar-refractivity contribution is 5.86. The van der Waals surface area contributed by atoms with Crippen molar-refractivity contribution in [2.24, 2.45) is 11.7 Å². The molecule has 1 aliphatic rings. The quantitative estimate of drug-likeness (QED) is 0.830. The molecule has 4 heteroatoms. The van der Waals surface area contributed by atoms with Crippen molar-refractivity contribution in [3.05, 3.63) is 48.0 Å². The number of benzene rings is 2. The minimum absolute atomic E-state index is 0. The maximum atomic E-state index is 12.6. The Morgan fingerprint density at radius 3 is 2.46 bits per heavy atom. The van der Waals surface area contributed by atoms with E-state index in [1.165, 1.54) is 16.3 Å².